The van der Waals surface area contributed by atoms with Crippen molar-refractivity contribution < 1.29 is 9.53 Å². The van der Waals surface area contributed by atoms with Crippen LogP contribution in [0.1, 0.15) is 53.9 Å². The van der Waals surface area contributed by atoms with Crippen LogP contribution in [0.5, 0.6) is 0 Å². The Morgan fingerprint density at radius 1 is 1.12 bits per heavy atom. The molecule has 152 valence electrons. The molecule has 0 aliphatic carbocycles. The zero-order valence-electron chi connectivity index (χ0n) is 17.4. The summed E-state index contributed by atoms with van der Waals surface area (Å²) in [6.45, 7) is 16.2. The number of rotatable bonds is 8. The number of likely N-dealkylation sites (tertiary alicyclic amines) is 1. The van der Waals surface area contributed by atoms with Gasteiger partial charge in [0.15, 0.2) is 5.96 Å². The van der Waals surface area contributed by atoms with Crippen LogP contribution in [-0.2, 0) is 4.74 Å². The molecule has 0 unspecified atom stereocenters. The van der Waals surface area contributed by atoms with Crippen LogP contribution in [0.3, 0.4) is 0 Å². The summed E-state index contributed by atoms with van der Waals surface area (Å²) in [5, 5.41) is 9.25. The van der Waals surface area contributed by atoms with Gasteiger partial charge in [-0.1, -0.05) is 6.92 Å². The topological polar surface area (TPSA) is 78.0 Å². The van der Waals surface area contributed by atoms with Crippen LogP contribution >= 0.6 is 0 Å². The summed E-state index contributed by atoms with van der Waals surface area (Å²) in [7, 11) is 0. The number of hydrogen-bond donors (Lipinski definition) is 3. The monoisotopic (exact) mass is 369 g/mol. The van der Waals surface area contributed by atoms with Gasteiger partial charge in [0.25, 0.3) is 0 Å². The predicted octanol–water partition coefficient (Wildman–Crippen LogP) is 2.19. The van der Waals surface area contributed by atoms with E-state index in [0.717, 1.165) is 37.9 Å². The van der Waals surface area contributed by atoms with Gasteiger partial charge in [-0.05, 0) is 72.5 Å². The fraction of sp³-hybridized carbons (Fsp3) is 0.895. The van der Waals surface area contributed by atoms with E-state index in [-0.39, 0.29) is 6.09 Å². The van der Waals surface area contributed by atoms with Gasteiger partial charge in [0.05, 0.1) is 0 Å². The van der Waals surface area contributed by atoms with Gasteiger partial charge in [0.2, 0.25) is 0 Å². The smallest absolute Gasteiger partial charge is 0.407 e. The first-order valence-electron chi connectivity index (χ1n) is 10.1. The maximum atomic E-state index is 11.6. The van der Waals surface area contributed by atoms with Crippen molar-refractivity contribution in [1.29, 1.82) is 0 Å². The first kappa shape index (κ1) is 22.5. The quantitative estimate of drug-likeness (QED) is 0.347. The number of carbonyl (C=O) groups is 1. The molecule has 0 bridgehead atoms. The van der Waals surface area contributed by atoms with E-state index in [4.69, 9.17) is 4.74 Å². The van der Waals surface area contributed by atoms with Crippen LogP contribution in [0.2, 0.25) is 0 Å². The van der Waals surface area contributed by atoms with Gasteiger partial charge < -0.3 is 25.6 Å². The summed E-state index contributed by atoms with van der Waals surface area (Å²) in [5.41, 5.74) is -0.471. The number of alkyl carbamates (subject to hydrolysis) is 1. The lowest BCUT2D eigenvalue weighted by molar-refractivity contribution is 0.0529. The molecule has 0 spiro atoms. The van der Waals surface area contributed by atoms with E-state index in [1.54, 1.807) is 0 Å². The minimum absolute atomic E-state index is 0.389. The van der Waals surface area contributed by atoms with Crippen molar-refractivity contribution in [2.24, 2.45) is 10.9 Å². The van der Waals surface area contributed by atoms with E-state index in [2.05, 4.69) is 39.7 Å². The lowest BCUT2D eigenvalue weighted by Crippen LogP contribution is -2.42. The van der Waals surface area contributed by atoms with Crippen LogP contribution in [0.4, 0.5) is 4.79 Å². The lowest BCUT2D eigenvalue weighted by atomic mass is 9.94. The van der Waals surface area contributed by atoms with Gasteiger partial charge in [0, 0.05) is 26.2 Å². The number of piperidine rings is 1. The predicted molar refractivity (Wildman–Crippen MR) is 108 cm³/mol. The number of carbonyl (C=O) groups excluding carboxylic acids is 1. The van der Waals surface area contributed by atoms with Crippen molar-refractivity contribution in [1.82, 2.24) is 20.9 Å². The van der Waals surface area contributed by atoms with Crippen molar-refractivity contribution >= 4 is 12.1 Å². The standard InChI is InChI=1S/C19H39N5O2/c1-6-20-17(22-12-13-23-18(25)26-19(3,4)5)21-11-8-16-9-14-24(7-2)15-10-16/h16H,6-15H2,1-5H3,(H,23,25)(H2,20,21,22). The van der Waals surface area contributed by atoms with E-state index < -0.39 is 5.60 Å². The highest BCUT2D eigenvalue weighted by atomic mass is 16.6. The number of nitrogens with zero attached hydrogens (tertiary/aromatic N) is 2. The molecule has 0 saturated carbocycles. The number of ether oxygens (including phenoxy) is 1. The molecule has 1 aliphatic heterocycles. The summed E-state index contributed by atoms with van der Waals surface area (Å²) in [4.78, 5) is 18.8. The Hall–Kier alpha value is -1.50. The Kier molecular flexibility index (Phi) is 10.4. The summed E-state index contributed by atoms with van der Waals surface area (Å²) >= 11 is 0. The van der Waals surface area contributed by atoms with Crippen LogP contribution in [0.25, 0.3) is 0 Å². The highest BCUT2D eigenvalue weighted by molar-refractivity contribution is 5.79. The molecule has 7 nitrogen and oxygen atoms in total. The second kappa shape index (κ2) is 12.0. The molecular weight excluding hydrogens is 330 g/mol. The molecule has 0 radical (unpaired) electrons. The van der Waals surface area contributed by atoms with Crippen LogP contribution in [0, 0.1) is 5.92 Å². The molecule has 1 amide bonds. The van der Waals surface area contributed by atoms with Crippen LogP contribution in [-0.4, -0.2) is 68.4 Å². The summed E-state index contributed by atoms with van der Waals surface area (Å²) in [6, 6.07) is 0. The molecule has 3 N–H and O–H groups in total. The van der Waals surface area contributed by atoms with Gasteiger partial charge in [-0.2, -0.15) is 0 Å². The average Bonchev–Trinajstić information content (AvgIpc) is 2.57. The van der Waals surface area contributed by atoms with Gasteiger partial charge >= 0.3 is 6.09 Å². The second-order valence-electron chi connectivity index (χ2n) is 7.78. The first-order valence-corrected chi connectivity index (χ1v) is 10.1. The minimum atomic E-state index is -0.471. The molecule has 1 fully saturated rings. The van der Waals surface area contributed by atoms with Crippen molar-refractivity contribution in [2.45, 2.75) is 59.5 Å². The largest absolute Gasteiger partial charge is 0.444 e. The van der Waals surface area contributed by atoms with Crippen LogP contribution < -0.4 is 16.0 Å². The number of guanidine groups is 1. The first-order chi connectivity index (χ1) is 12.3. The molecule has 7 heteroatoms. The highest BCUT2D eigenvalue weighted by Gasteiger charge is 2.17. The normalized spacial score (nSPS) is 17.0. The third kappa shape index (κ3) is 10.5. The third-order valence-corrected chi connectivity index (χ3v) is 4.39. The average molecular weight is 370 g/mol. The molecular formula is C19H39N5O2. The Labute approximate surface area is 159 Å². The maximum Gasteiger partial charge on any atom is 0.407 e. The molecule has 0 atom stereocenters. The molecule has 0 aromatic heterocycles. The Balaban J connectivity index is 2.23. The number of aliphatic imine (C=N–C) groups is 1. The molecule has 1 rings (SSSR count). The second-order valence-corrected chi connectivity index (χ2v) is 7.78. The van der Waals surface area contributed by atoms with E-state index in [9.17, 15) is 4.79 Å². The number of nitrogens with one attached hydrogen (secondary N) is 3. The van der Waals surface area contributed by atoms with E-state index in [1.807, 2.05) is 20.8 Å². The SMILES string of the molecule is CCNC(=NCCC1CCN(CC)CC1)NCCNC(=O)OC(C)(C)C. The van der Waals surface area contributed by atoms with Crippen LogP contribution in [0.15, 0.2) is 4.99 Å². The zero-order valence-corrected chi connectivity index (χ0v) is 17.4. The minimum Gasteiger partial charge on any atom is -0.444 e. The summed E-state index contributed by atoms with van der Waals surface area (Å²) < 4.78 is 5.21. The Morgan fingerprint density at radius 3 is 2.35 bits per heavy atom. The van der Waals surface area contributed by atoms with Gasteiger partial charge in [0.1, 0.15) is 5.60 Å². The summed E-state index contributed by atoms with van der Waals surface area (Å²) in [5.74, 6) is 1.60. The third-order valence-electron chi connectivity index (χ3n) is 4.39. The fourth-order valence-electron chi connectivity index (χ4n) is 2.95. The van der Waals surface area contributed by atoms with E-state index in [1.165, 1.54) is 25.9 Å². The summed E-state index contributed by atoms with van der Waals surface area (Å²) in [6.07, 6.45) is 3.32. The molecule has 0 aromatic carbocycles. The molecule has 26 heavy (non-hydrogen) atoms. The van der Waals surface area contributed by atoms with Gasteiger partial charge in [-0.25, -0.2) is 4.79 Å². The number of amides is 1. The Morgan fingerprint density at radius 2 is 1.77 bits per heavy atom. The van der Waals surface area contributed by atoms with Crippen molar-refractivity contribution in [3.05, 3.63) is 0 Å². The van der Waals surface area contributed by atoms with Crippen molar-refractivity contribution in [3.8, 4) is 0 Å². The van der Waals surface area contributed by atoms with Crippen molar-refractivity contribution in [3.63, 3.8) is 0 Å². The molecule has 1 saturated heterocycles. The Bertz CT molecular complexity index is 426. The van der Waals surface area contributed by atoms with Gasteiger partial charge in [-0.3, -0.25) is 4.99 Å². The molecule has 1 heterocycles. The van der Waals surface area contributed by atoms with Crippen molar-refractivity contribution in [2.75, 3.05) is 45.8 Å². The van der Waals surface area contributed by atoms with E-state index >= 15 is 0 Å². The lowest BCUT2D eigenvalue weighted by Gasteiger charge is -2.30. The van der Waals surface area contributed by atoms with E-state index in [0.29, 0.717) is 13.1 Å². The molecule has 1 aliphatic rings. The maximum absolute atomic E-state index is 11.6. The molecule has 0 aromatic rings. The zero-order chi connectivity index (χ0) is 19.4. The van der Waals surface area contributed by atoms with Gasteiger partial charge in [-0.15, -0.1) is 0 Å². The highest BCUT2D eigenvalue weighted by Crippen LogP contribution is 2.19. The number of hydrogen-bond acceptors (Lipinski definition) is 4. The fourth-order valence-corrected chi connectivity index (χ4v) is 2.95.